The molecule has 0 aromatic carbocycles. The lowest BCUT2D eigenvalue weighted by atomic mass is 10.2. The van der Waals surface area contributed by atoms with Gasteiger partial charge in [-0.15, -0.1) is 5.10 Å². The van der Waals surface area contributed by atoms with E-state index in [1.54, 1.807) is 4.52 Å². The average molecular weight is 148 g/mol. The van der Waals surface area contributed by atoms with Crippen molar-refractivity contribution in [2.75, 3.05) is 0 Å². The number of tetrazole rings is 1. The smallest absolute Gasteiger partial charge is 0.182 e. The first kappa shape index (κ1) is 6.27. The molecule has 0 atom stereocenters. The van der Waals surface area contributed by atoms with E-state index in [-0.39, 0.29) is 0 Å². The molecular formula is C7H8N4. The van der Waals surface area contributed by atoms with Gasteiger partial charge in [-0.05, 0) is 35.4 Å². The lowest BCUT2D eigenvalue weighted by molar-refractivity contribution is 0.820. The van der Waals surface area contributed by atoms with Crippen molar-refractivity contribution in [3.05, 3.63) is 23.4 Å². The largest absolute Gasteiger partial charge is 0.200 e. The third-order valence-electron chi connectivity index (χ3n) is 1.62. The van der Waals surface area contributed by atoms with Crippen molar-refractivity contribution in [2.45, 2.75) is 13.8 Å². The molecule has 0 radical (unpaired) electrons. The number of pyridine rings is 1. The maximum atomic E-state index is 3.86. The Kier molecular flexibility index (Phi) is 1.15. The highest BCUT2D eigenvalue weighted by Crippen LogP contribution is 2.06. The fourth-order valence-electron chi connectivity index (χ4n) is 1.18. The van der Waals surface area contributed by atoms with E-state index in [2.05, 4.69) is 21.6 Å². The molecule has 2 aromatic heterocycles. The summed E-state index contributed by atoms with van der Waals surface area (Å²) in [6, 6.07) is 2.06. The fraction of sp³-hybridized carbons (Fsp3) is 0.286. The Balaban J connectivity index is 2.91. The normalized spacial score (nSPS) is 10.7. The molecule has 0 N–H and O–H groups in total. The predicted molar refractivity (Wildman–Crippen MR) is 40.3 cm³/mol. The van der Waals surface area contributed by atoms with Gasteiger partial charge in [-0.2, -0.15) is 0 Å². The number of fused-ring (bicyclic) bond motifs is 1. The van der Waals surface area contributed by atoms with Gasteiger partial charge in [0.1, 0.15) is 0 Å². The summed E-state index contributed by atoms with van der Waals surface area (Å²) in [5, 5.41) is 11.2. The number of hydrogen-bond acceptors (Lipinski definition) is 3. The van der Waals surface area contributed by atoms with Gasteiger partial charge in [0.25, 0.3) is 0 Å². The van der Waals surface area contributed by atoms with Crippen LogP contribution in [0.5, 0.6) is 0 Å². The SMILES string of the molecule is Cc1cc(C)c2nnnn2c1. The standard InChI is InChI=1S/C7H8N4/c1-5-3-6(2)7-8-9-10-11(7)4-5/h3-4H,1-2H3. The van der Waals surface area contributed by atoms with Crippen LogP contribution in [-0.4, -0.2) is 20.0 Å². The first-order chi connectivity index (χ1) is 5.27. The second-order valence-corrected chi connectivity index (χ2v) is 2.65. The Morgan fingerprint density at radius 1 is 1.36 bits per heavy atom. The van der Waals surface area contributed by atoms with Crippen LogP contribution in [0.4, 0.5) is 0 Å². The Labute approximate surface area is 63.8 Å². The van der Waals surface area contributed by atoms with Gasteiger partial charge in [0, 0.05) is 6.20 Å². The van der Waals surface area contributed by atoms with Gasteiger partial charge in [-0.1, -0.05) is 6.07 Å². The topological polar surface area (TPSA) is 43.1 Å². The van der Waals surface area contributed by atoms with Gasteiger partial charge in [-0.25, -0.2) is 4.52 Å². The second kappa shape index (κ2) is 2.02. The van der Waals surface area contributed by atoms with Crippen molar-refractivity contribution in [1.29, 1.82) is 0 Å². The molecule has 56 valence electrons. The van der Waals surface area contributed by atoms with Crippen LogP contribution in [-0.2, 0) is 0 Å². The summed E-state index contributed by atoms with van der Waals surface area (Å²) < 4.78 is 1.69. The predicted octanol–water partition coefficient (Wildman–Crippen LogP) is 0.741. The molecule has 0 unspecified atom stereocenters. The molecule has 2 aromatic rings. The number of aromatic nitrogens is 4. The number of rotatable bonds is 0. The Hall–Kier alpha value is -1.45. The molecule has 0 aliphatic carbocycles. The minimum Gasteiger partial charge on any atom is -0.200 e. The summed E-state index contributed by atoms with van der Waals surface area (Å²) >= 11 is 0. The van der Waals surface area contributed by atoms with Crippen molar-refractivity contribution < 1.29 is 0 Å². The zero-order valence-electron chi connectivity index (χ0n) is 6.44. The van der Waals surface area contributed by atoms with Gasteiger partial charge < -0.3 is 0 Å². The molecule has 2 rings (SSSR count). The summed E-state index contributed by atoms with van der Waals surface area (Å²) in [4.78, 5) is 0. The van der Waals surface area contributed by atoms with E-state index >= 15 is 0 Å². The zero-order chi connectivity index (χ0) is 7.84. The number of hydrogen-bond donors (Lipinski definition) is 0. The van der Waals surface area contributed by atoms with Crippen LogP contribution in [0, 0.1) is 13.8 Å². The highest BCUT2D eigenvalue weighted by molar-refractivity contribution is 5.45. The van der Waals surface area contributed by atoms with E-state index in [1.807, 2.05) is 20.0 Å². The van der Waals surface area contributed by atoms with Crippen LogP contribution >= 0.6 is 0 Å². The maximum Gasteiger partial charge on any atom is 0.182 e. The molecule has 0 bridgehead atoms. The number of nitrogens with zero attached hydrogens (tertiary/aromatic N) is 4. The van der Waals surface area contributed by atoms with E-state index in [9.17, 15) is 0 Å². The summed E-state index contributed by atoms with van der Waals surface area (Å²) in [7, 11) is 0. The molecule has 4 nitrogen and oxygen atoms in total. The van der Waals surface area contributed by atoms with Crippen molar-refractivity contribution in [3.63, 3.8) is 0 Å². The molecule has 0 amide bonds. The molecule has 0 saturated carbocycles. The zero-order valence-corrected chi connectivity index (χ0v) is 6.44. The Morgan fingerprint density at radius 2 is 2.18 bits per heavy atom. The lowest BCUT2D eigenvalue weighted by Crippen LogP contribution is -1.91. The Bertz CT molecular complexity index is 390. The molecule has 4 heteroatoms. The summed E-state index contributed by atoms with van der Waals surface area (Å²) in [5.41, 5.74) is 3.10. The molecule has 2 heterocycles. The van der Waals surface area contributed by atoms with Crippen molar-refractivity contribution in [3.8, 4) is 0 Å². The average Bonchev–Trinajstić information content (AvgIpc) is 2.34. The maximum absolute atomic E-state index is 3.86. The molecule has 0 saturated heterocycles. The van der Waals surface area contributed by atoms with Crippen LogP contribution in [0.2, 0.25) is 0 Å². The minimum atomic E-state index is 0.829. The van der Waals surface area contributed by atoms with Crippen LogP contribution in [0.3, 0.4) is 0 Å². The van der Waals surface area contributed by atoms with Crippen LogP contribution in [0.15, 0.2) is 12.3 Å². The van der Waals surface area contributed by atoms with E-state index in [4.69, 9.17) is 0 Å². The molecular weight excluding hydrogens is 140 g/mol. The molecule has 0 aliphatic heterocycles. The third-order valence-corrected chi connectivity index (χ3v) is 1.62. The van der Waals surface area contributed by atoms with E-state index < -0.39 is 0 Å². The van der Waals surface area contributed by atoms with Crippen molar-refractivity contribution >= 4 is 5.65 Å². The second-order valence-electron chi connectivity index (χ2n) is 2.65. The summed E-state index contributed by atoms with van der Waals surface area (Å²) in [6.07, 6.45) is 1.91. The molecule has 0 spiro atoms. The Morgan fingerprint density at radius 3 is 3.00 bits per heavy atom. The molecule has 11 heavy (non-hydrogen) atoms. The first-order valence-electron chi connectivity index (χ1n) is 3.42. The summed E-state index contributed by atoms with van der Waals surface area (Å²) in [6.45, 7) is 4.02. The monoisotopic (exact) mass is 148 g/mol. The first-order valence-corrected chi connectivity index (χ1v) is 3.42. The van der Waals surface area contributed by atoms with Gasteiger partial charge in [0.05, 0.1) is 0 Å². The molecule has 0 fully saturated rings. The fourth-order valence-corrected chi connectivity index (χ4v) is 1.18. The van der Waals surface area contributed by atoms with E-state index in [1.165, 1.54) is 5.56 Å². The van der Waals surface area contributed by atoms with Crippen LogP contribution < -0.4 is 0 Å². The van der Waals surface area contributed by atoms with Crippen LogP contribution in [0.25, 0.3) is 5.65 Å². The van der Waals surface area contributed by atoms with Crippen molar-refractivity contribution in [2.24, 2.45) is 0 Å². The lowest BCUT2D eigenvalue weighted by Gasteiger charge is -1.95. The van der Waals surface area contributed by atoms with Gasteiger partial charge in [-0.3, -0.25) is 0 Å². The highest BCUT2D eigenvalue weighted by atomic mass is 15.5. The van der Waals surface area contributed by atoms with E-state index in [0.717, 1.165) is 11.2 Å². The van der Waals surface area contributed by atoms with Gasteiger partial charge in [0.15, 0.2) is 5.65 Å². The van der Waals surface area contributed by atoms with Crippen molar-refractivity contribution in [1.82, 2.24) is 20.0 Å². The quantitative estimate of drug-likeness (QED) is 0.553. The molecule has 0 aliphatic rings. The minimum absolute atomic E-state index is 0.829. The van der Waals surface area contributed by atoms with Crippen LogP contribution in [0.1, 0.15) is 11.1 Å². The van der Waals surface area contributed by atoms with E-state index in [0.29, 0.717) is 0 Å². The highest BCUT2D eigenvalue weighted by Gasteiger charge is 1.99. The number of aryl methyl sites for hydroxylation is 2. The van der Waals surface area contributed by atoms with Gasteiger partial charge in [0.2, 0.25) is 0 Å². The van der Waals surface area contributed by atoms with Gasteiger partial charge >= 0.3 is 0 Å². The third kappa shape index (κ3) is 0.869. The summed E-state index contributed by atoms with van der Waals surface area (Å²) in [5.74, 6) is 0.